The van der Waals surface area contributed by atoms with E-state index in [1.165, 1.54) is 0 Å². The van der Waals surface area contributed by atoms with Crippen molar-refractivity contribution in [2.45, 2.75) is 34.6 Å². The molecule has 0 aromatic carbocycles. The molecular formula is C18H26N2. The predicted molar refractivity (Wildman–Crippen MR) is 92.3 cm³/mol. The van der Waals surface area contributed by atoms with Crippen molar-refractivity contribution in [2.24, 2.45) is 0 Å². The first kappa shape index (κ1) is 17.9. The van der Waals surface area contributed by atoms with Crippen LogP contribution >= 0.6 is 0 Å². The average molecular weight is 270 g/mol. The van der Waals surface area contributed by atoms with Crippen molar-refractivity contribution in [1.82, 2.24) is 9.78 Å². The fourth-order valence-electron chi connectivity index (χ4n) is 1.59. The van der Waals surface area contributed by atoms with E-state index in [1.807, 2.05) is 71.1 Å². The van der Waals surface area contributed by atoms with Gasteiger partial charge in [0.25, 0.3) is 0 Å². The maximum atomic E-state index is 4.54. The summed E-state index contributed by atoms with van der Waals surface area (Å²) in [7, 11) is 0. The van der Waals surface area contributed by atoms with Crippen LogP contribution < -0.4 is 0 Å². The first-order chi connectivity index (χ1) is 9.63. The molecule has 2 nitrogen and oxygen atoms in total. The van der Waals surface area contributed by atoms with E-state index < -0.39 is 0 Å². The smallest absolute Gasteiger partial charge is 0.0933 e. The van der Waals surface area contributed by atoms with E-state index in [1.54, 1.807) is 10.8 Å². The fourth-order valence-corrected chi connectivity index (χ4v) is 1.59. The van der Waals surface area contributed by atoms with Crippen LogP contribution in [0.2, 0.25) is 0 Å². The maximum absolute atomic E-state index is 4.54. The lowest BCUT2D eigenvalue weighted by Gasteiger charge is -2.01. The van der Waals surface area contributed by atoms with Crippen LogP contribution in [0.15, 0.2) is 49.6 Å². The Morgan fingerprint density at radius 2 is 1.90 bits per heavy atom. The van der Waals surface area contributed by atoms with E-state index >= 15 is 0 Å². The van der Waals surface area contributed by atoms with Crippen molar-refractivity contribution in [3.05, 3.63) is 61.0 Å². The molecule has 0 spiro atoms. The molecule has 108 valence electrons. The van der Waals surface area contributed by atoms with E-state index in [9.17, 15) is 0 Å². The van der Waals surface area contributed by atoms with Gasteiger partial charge in [0.05, 0.1) is 11.4 Å². The number of nitrogens with zero attached hydrogens (tertiary/aromatic N) is 2. The monoisotopic (exact) mass is 270 g/mol. The van der Waals surface area contributed by atoms with Gasteiger partial charge in [-0.3, -0.25) is 0 Å². The molecule has 0 aliphatic carbocycles. The molecule has 0 N–H and O–H groups in total. The second-order valence-electron chi connectivity index (χ2n) is 3.95. The minimum Gasteiger partial charge on any atom is -0.238 e. The van der Waals surface area contributed by atoms with E-state index in [-0.39, 0.29) is 0 Å². The largest absolute Gasteiger partial charge is 0.238 e. The highest BCUT2D eigenvalue weighted by atomic mass is 15.3. The zero-order valence-corrected chi connectivity index (χ0v) is 13.4. The molecule has 1 aromatic rings. The Morgan fingerprint density at radius 3 is 2.30 bits per heavy atom. The molecule has 0 aliphatic heterocycles. The lowest BCUT2D eigenvalue weighted by molar-refractivity contribution is 0.882. The number of allylic oxidation sites excluding steroid dienone is 7. The van der Waals surface area contributed by atoms with E-state index in [0.29, 0.717) is 0 Å². The number of rotatable bonds is 5. The topological polar surface area (TPSA) is 17.8 Å². The summed E-state index contributed by atoms with van der Waals surface area (Å²) in [6.45, 7) is 17.6. The molecule has 0 aliphatic rings. The van der Waals surface area contributed by atoms with Gasteiger partial charge in [-0.05, 0) is 32.9 Å². The summed E-state index contributed by atoms with van der Waals surface area (Å²) in [6, 6.07) is 2.01. The average Bonchev–Trinajstić information content (AvgIpc) is 2.90. The molecule has 20 heavy (non-hydrogen) atoms. The van der Waals surface area contributed by atoms with Gasteiger partial charge in [-0.2, -0.15) is 5.10 Å². The Morgan fingerprint density at radius 1 is 1.25 bits per heavy atom. The minimum absolute atomic E-state index is 0.877. The summed E-state index contributed by atoms with van der Waals surface area (Å²) in [5.74, 6) is 0. The van der Waals surface area contributed by atoms with E-state index in [2.05, 4.69) is 18.3 Å². The third-order valence-corrected chi connectivity index (χ3v) is 2.42. The first-order valence-corrected chi connectivity index (χ1v) is 6.98. The SMILES string of the molecule is C=Cc1cc(C(/C=C\C)=C/C=C/C)nn1C(=C)C.CC. The van der Waals surface area contributed by atoms with Crippen LogP contribution in [-0.2, 0) is 0 Å². The Balaban J connectivity index is 0.00000172. The zero-order chi connectivity index (χ0) is 15.5. The molecule has 0 bridgehead atoms. The van der Waals surface area contributed by atoms with Crippen molar-refractivity contribution < 1.29 is 0 Å². The van der Waals surface area contributed by atoms with Gasteiger partial charge in [-0.15, -0.1) is 0 Å². The Kier molecular flexibility index (Phi) is 8.77. The second kappa shape index (κ2) is 9.79. The third kappa shape index (κ3) is 4.88. The summed E-state index contributed by atoms with van der Waals surface area (Å²) in [5.41, 5.74) is 3.82. The molecule has 0 saturated heterocycles. The van der Waals surface area contributed by atoms with Crippen LogP contribution in [0.4, 0.5) is 0 Å². The van der Waals surface area contributed by atoms with Crippen LogP contribution in [0.5, 0.6) is 0 Å². The Labute approximate surface area is 123 Å². The maximum Gasteiger partial charge on any atom is 0.0933 e. The molecule has 0 fully saturated rings. The van der Waals surface area contributed by atoms with Crippen LogP contribution in [0.3, 0.4) is 0 Å². The summed E-state index contributed by atoms with van der Waals surface area (Å²) in [6.07, 6.45) is 11.9. The first-order valence-electron chi connectivity index (χ1n) is 6.98. The number of hydrogen-bond acceptors (Lipinski definition) is 1. The third-order valence-electron chi connectivity index (χ3n) is 2.42. The van der Waals surface area contributed by atoms with Crippen LogP contribution in [0.1, 0.15) is 46.0 Å². The van der Waals surface area contributed by atoms with Crippen molar-refractivity contribution in [3.8, 4) is 0 Å². The van der Waals surface area contributed by atoms with Gasteiger partial charge < -0.3 is 0 Å². The van der Waals surface area contributed by atoms with Gasteiger partial charge in [0.1, 0.15) is 0 Å². The fraction of sp³-hybridized carbons (Fsp3) is 0.278. The van der Waals surface area contributed by atoms with Gasteiger partial charge >= 0.3 is 0 Å². The van der Waals surface area contributed by atoms with Crippen LogP contribution in [0, 0.1) is 0 Å². The summed E-state index contributed by atoms with van der Waals surface area (Å²) in [5, 5.41) is 4.54. The minimum atomic E-state index is 0.877. The molecule has 0 unspecified atom stereocenters. The lowest BCUT2D eigenvalue weighted by atomic mass is 10.1. The molecule has 1 rings (SSSR count). The van der Waals surface area contributed by atoms with Crippen LogP contribution in [-0.4, -0.2) is 9.78 Å². The Bertz CT molecular complexity index is 526. The predicted octanol–water partition coefficient (Wildman–Crippen LogP) is 5.58. The summed E-state index contributed by atoms with van der Waals surface area (Å²) in [4.78, 5) is 0. The lowest BCUT2D eigenvalue weighted by Crippen LogP contribution is -1.97. The van der Waals surface area contributed by atoms with Crippen molar-refractivity contribution in [1.29, 1.82) is 0 Å². The molecule has 0 atom stereocenters. The quantitative estimate of drug-likeness (QED) is 0.639. The molecule has 0 amide bonds. The van der Waals surface area contributed by atoms with Gasteiger partial charge in [-0.1, -0.05) is 57.4 Å². The van der Waals surface area contributed by atoms with Crippen LogP contribution in [0.25, 0.3) is 17.3 Å². The van der Waals surface area contributed by atoms with E-state index in [4.69, 9.17) is 0 Å². The molecule has 0 saturated carbocycles. The normalized spacial score (nSPS) is 11.6. The Hall–Kier alpha value is -2.09. The highest BCUT2D eigenvalue weighted by Gasteiger charge is 2.07. The molecular weight excluding hydrogens is 244 g/mol. The standard InChI is InChI=1S/C16H20N2.C2H6/c1-6-9-11-14(10-7-2)16-12-15(8-3)18(17-16)13(4)5;1-2/h6-12H,3-4H2,1-2,5H3;1-2H3/b9-6+,10-7-,14-11+;. The highest BCUT2D eigenvalue weighted by molar-refractivity contribution is 5.74. The number of aromatic nitrogens is 2. The molecule has 2 heteroatoms. The van der Waals surface area contributed by atoms with Crippen molar-refractivity contribution in [3.63, 3.8) is 0 Å². The highest BCUT2D eigenvalue weighted by Crippen LogP contribution is 2.19. The van der Waals surface area contributed by atoms with E-state index in [0.717, 1.165) is 22.7 Å². The van der Waals surface area contributed by atoms with Gasteiger partial charge in [0.2, 0.25) is 0 Å². The van der Waals surface area contributed by atoms with Gasteiger partial charge in [-0.25, -0.2) is 4.68 Å². The van der Waals surface area contributed by atoms with Gasteiger partial charge in [0, 0.05) is 11.3 Å². The zero-order valence-electron chi connectivity index (χ0n) is 13.4. The second-order valence-corrected chi connectivity index (χ2v) is 3.95. The van der Waals surface area contributed by atoms with Gasteiger partial charge in [0.15, 0.2) is 0 Å². The molecule has 1 aromatic heterocycles. The molecule has 1 heterocycles. The van der Waals surface area contributed by atoms with Crippen molar-refractivity contribution >= 4 is 17.3 Å². The summed E-state index contributed by atoms with van der Waals surface area (Å²) >= 11 is 0. The number of hydrogen-bond donors (Lipinski definition) is 0. The molecule has 0 radical (unpaired) electrons. The van der Waals surface area contributed by atoms with Crippen molar-refractivity contribution in [2.75, 3.05) is 0 Å². The summed E-state index contributed by atoms with van der Waals surface area (Å²) < 4.78 is 1.80.